The van der Waals surface area contributed by atoms with E-state index in [2.05, 4.69) is 24.5 Å². The lowest BCUT2D eigenvalue weighted by Crippen LogP contribution is -2.41. The molecule has 7 heteroatoms. The summed E-state index contributed by atoms with van der Waals surface area (Å²) >= 11 is 0. The first kappa shape index (κ1) is 23.6. The molecule has 0 radical (unpaired) electrons. The summed E-state index contributed by atoms with van der Waals surface area (Å²) in [6, 6.07) is 19.4. The fraction of sp³-hybridized carbons (Fsp3) is 0.241. The largest absolute Gasteiger partial charge is 0.497 e. The van der Waals surface area contributed by atoms with E-state index in [1.807, 2.05) is 48.5 Å². The van der Waals surface area contributed by atoms with Crippen LogP contribution in [0.25, 0.3) is 0 Å². The van der Waals surface area contributed by atoms with E-state index in [1.165, 1.54) is 24.3 Å². The molecular weight excluding hydrogens is 457 g/mol. The number of para-hydroxylation sites is 2. The summed E-state index contributed by atoms with van der Waals surface area (Å²) in [6.07, 6.45) is 1.05. The highest BCUT2D eigenvalue weighted by Crippen LogP contribution is 2.48. The number of urea groups is 1. The summed E-state index contributed by atoms with van der Waals surface area (Å²) in [5.74, 6) is 0.291. The summed E-state index contributed by atoms with van der Waals surface area (Å²) in [4.78, 5) is 29.2. The van der Waals surface area contributed by atoms with E-state index in [9.17, 15) is 14.0 Å². The Hall–Kier alpha value is -4.13. The number of fused-ring (bicyclic) bond motifs is 1. The Labute approximate surface area is 209 Å². The predicted octanol–water partition coefficient (Wildman–Crippen LogP) is 6.68. The summed E-state index contributed by atoms with van der Waals surface area (Å²) < 4.78 is 18.8. The van der Waals surface area contributed by atoms with Crippen molar-refractivity contribution >= 4 is 28.9 Å². The molecule has 0 bridgehead atoms. The maximum absolute atomic E-state index is 13.9. The van der Waals surface area contributed by atoms with Gasteiger partial charge in [0.15, 0.2) is 5.78 Å². The number of carbonyl (C=O) groups excluding carboxylic acids is 2. The zero-order chi connectivity index (χ0) is 25.4. The van der Waals surface area contributed by atoms with Crippen molar-refractivity contribution in [2.24, 2.45) is 5.41 Å². The van der Waals surface area contributed by atoms with Crippen LogP contribution in [0.4, 0.5) is 26.2 Å². The Balaban J connectivity index is 1.70. The Morgan fingerprint density at radius 1 is 1.03 bits per heavy atom. The molecule has 5 rings (SSSR count). The third kappa shape index (κ3) is 4.44. The van der Waals surface area contributed by atoms with Gasteiger partial charge in [-0.3, -0.25) is 9.69 Å². The molecule has 2 aliphatic rings. The van der Waals surface area contributed by atoms with Crippen LogP contribution in [-0.2, 0) is 4.79 Å². The number of nitrogens with zero attached hydrogens (tertiary/aromatic N) is 1. The lowest BCUT2D eigenvalue weighted by Gasteiger charge is -2.37. The average molecular weight is 486 g/mol. The standard InChI is InChI=1S/C29H28FN3O3/c1-29(2)16-23-26(25(34)17-29)27(18-8-14-21(36-3)15-9-18)33(24-7-5-4-6-22(24)32-23)28(35)31-20-12-10-19(30)11-13-20/h4-15,27,32H,16-17H2,1-3H3,(H,31,35). The van der Waals surface area contributed by atoms with Crippen LogP contribution in [0.5, 0.6) is 5.75 Å². The van der Waals surface area contributed by atoms with Crippen molar-refractivity contribution < 1.29 is 18.7 Å². The second kappa shape index (κ2) is 9.15. The van der Waals surface area contributed by atoms with Crippen LogP contribution in [0, 0.1) is 11.2 Å². The van der Waals surface area contributed by atoms with Crippen LogP contribution >= 0.6 is 0 Å². The molecule has 1 atom stereocenters. The molecule has 0 saturated carbocycles. The van der Waals surface area contributed by atoms with Gasteiger partial charge in [-0.25, -0.2) is 9.18 Å². The molecule has 0 spiro atoms. The van der Waals surface area contributed by atoms with Crippen molar-refractivity contribution in [2.75, 3.05) is 22.6 Å². The van der Waals surface area contributed by atoms with Gasteiger partial charge in [-0.1, -0.05) is 38.1 Å². The Kier molecular flexibility index (Phi) is 6.00. The Morgan fingerprint density at radius 3 is 2.42 bits per heavy atom. The van der Waals surface area contributed by atoms with Gasteiger partial charge in [0.2, 0.25) is 0 Å². The number of benzene rings is 3. The van der Waals surface area contributed by atoms with Crippen LogP contribution in [-0.4, -0.2) is 18.9 Å². The average Bonchev–Trinajstić information content (AvgIpc) is 2.99. The van der Waals surface area contributed by atoms with Crippen molar-refractivity contribution in [3.05, 3.63) is 95.4 Å². The van der Waals surface area contributed by atoms with Gasteiger partial charge in [-0.05, 0) is 65.9 Å². The minimum Gasteiger partial charge on any atom is -0.497 e. The third-order valence-corrected chi connectivity index (χ3v) is 6.65. The van der Waals surface area contributed by atoms with Gasteiger partial charge in [0.1, 0.15) is 11.6 Å². The highest BCUT2D eigenvalue weighted by molar-refractivity contribution is 6.09. The third-order valence-electron chi connectivity index (χ3n) is 6.65. The topological polar surface area (TPSA) is 70.7 Å². The maximum Gasteiger partial charge on any atom is 0.327 e. The molecule has 2 N–H and O–H groups in total. The second-order valence-corrected chi connectivity index (χ2v) is 9.96. The van der Waals surface area contributed by atoms with Crippen LogP contribution in [0.2, 0.25) is 0 Å². The second-order valence-electron chi connectivity index (χ2n) is 9.96. The van der Waals surface area contributed by atoms with Gasteiger partial charge < -0.3 is 15.4 Å². The molecule has 36 heavy (non-hydrogen) atoms. The van der Waals surface area contributed by atoms with E-state index < -0.39 is 17.9 Å². The summed E-state index contributed by atoms with van der Waals surface area (Å²) in [6.45, 7) is 4.16. The van der Waals surface area contributed by atoms with Crippen molar-refractivity contribution in [1.82, 2.24) is 0 Å². The number of hydrogen-bond acceptors (Lipinski definition) is 4. The zero-order valence-electron chi connectivity index (χ0n) is 20.5. The number of Topliss-reactive ketones (excluding diaryl/α,β-unsaturated/α-hetero) is 1. The lowest BCUT2D eigenvalue weighted by molar-refractivity contribution is -0.118. The van der Waals surface area contributed by atoms with E-state index in [0.29, 0.717) is 35.5 Å². The van der Waals surface area contributed by atoms with Crippen LogP contribution in [0.15, 0.2) is 84.1 Å². The predicted molar refractivity (Wildman–Crippen MR) is 139 cm³/mol. The fourth-order valence-electron chi connectivity index (χ4n) is 5.03. The first-order valence-electron chi connectivity index (χ1n) is 11.9. The van der Waals surface area contributed by atoms with Crippen LogP contribution in [0.1, 0.15) is 38.3 Å². The molecule has 1 unspecified atom stereocenters. The van der Waals surface area contributed by atoms with Crippen LogP contribution < -0.4 is 20.3 Å². The number of anilines is 3. The van der Waals surface area contributed by atoms with Gasteiger partial charge in [-0.15, -0.1) is 0 Å². The minimum atomic E-state index is -0.675. The highest BCUT2D eigenvalue weighted by Gasteiger charge is 2.43. The molecule has 6 nitrogen and oxygen atoms in total. The number of halogens is 1. The van der Waals surface area contributed by atoms with E-state index in [1.54, 1.807) is 12.0 Å². The zero-order valence-corrected chi connectivity index (χ0v) is 20.5. The number of rotatable bonds is 3. The fourth-order valence-corrected chi connectivity index (χ4v) is 5.03. The van der Waals surface area contributed by atoms with Gasteiger partial charge in [0.25, 0.3) is 0 Å². The van der Waals surface area contributed by atoms with Crippen molar-refractivity contribution in [1.29, 1.82) is 0 Å². The number of ether oxygens (including phenoxy) is 1. The summed E-state index contributed by atoms with van der Waals surface area (Å²) in [7, 11) is 1.59. The number of amides is 2. The molecule has 1 aliphatic carbocycles. The molecular formula is C29H28FN3O3. The van der Waals surface area contributed by atoms with Gasteiger partial charge in [-0.2, -0.15) is 0 Å². The number of nitrogens with one attached hydrogen (secondary N) is 2. The van der Waals surface area contributed by atoms with Gasteiger partial charge in [0, 0.05) is 23.4 Å². The molecule has 3 aromatic rings. The smallest absolute Gasteiger partial charge is 0.327 e. The monoisotopic (exact) mass is 485 g/mol. The molecule has 1 heterocycles. The molecule has 3 aromatic carbocycles. The molecule has 1 aliphatic heterocycles. The van der Waals surface area contributed by atoms with Crippen molar-refractivity contribution in [3.8, 4) is 5.75 Å². The number of methoxy groups -OCH3 is 1. The molecule has 184 valence electrons. The summed E-state index contributed by atoms with van der Waals surface area (Å²) in [5.41, 5.74) is 3.79. The van der Waals surface area contributed by atoms with Crippen LogP contribution in [0.3, 0.4) is 0 Å². The van der Waals surface area contributed by atoms with E-state index in [-0.39, 0.29) is 11.2 Å². The van der Waals surface area contributed by atoms with Crippen molar-refractivity contribution in [3.63, 3.8) is 0 Å². The summed E-state index contributed by atoms with van der Waals surface area (Å²) in [5, 5.41) is 6.38. The number of hydrogen-bond donors (Lipinski definition) is 2. The molecule has 0 fully saturated rings. The first-order chi connectivity index (χ1) is 17.3. The quantitative estimate of drug-likeness (QED) is 0.434. The number of carbonyl (C=O) groups is 2. The van der Waals surface area contributed by atoms with Gasteiger partial charge >= 0.3 is 6.03 Å². The lowest BCUT2D eigenvalue weighted by atomic mass is 9.73. The maximum atomic E-state index is 13.9. The van der Waals surface area contributed by atoms with Crippen molar-refractivity contribution in [2.45, 2.75) is 32.7 Å². The Morgan fingerprint density at radius 2 is 1.72 bits per heavy atom. The SMILES string of the molecule is COc1ccc(C2C3=C(CC(C)(C)CC3=O)Nc3ccccc3N2C(=O)Nc2ccc(F)cc2)cc1. The van der Waals surface area contributed by atoms with E-state index in [4.69, 9.17) is 4.74 Å². The van der Waals surface area contributed by atoms with E-state index in [0.717, 1.165) is 16.9 Å². The number of allylic oxidation sites excluding steroid dienone is 1. The number of ketones is 1. The normalized spacial score (nSPS) is 18.5. The highest BCUT2D eigenvalue weighted by atomic mass is 19.1. The van der Waals surface area contributed by atoms with E-state index >= 15 is 0 Å². The molecule has 0 saturated heterocycles. The minimum absolute atomic E-state index is 0.00181. The molecule has 2 amide bonds. The molecule has 0 aromatic heterocycles. The first-order valence-corrected chi connectivity index (χ1v) is 11.9. The van der Waals surface area contributed by atoms with Gasteiger partial charge in [0.05, 0.1) is 24.5 Å². The Bertz CT molecular complexity index is 1350.